The van der Waals surface area contributed by atoms with Crippen LogP contribution in [0.25, 0.3) is 0 Å². The molecule has 2 heterocycles. The first kappa shape index (κ1) is 21.4. The second-order valence-corrected chi connectivity index (χ2v) is 8.11. The number of benzene rings is 1. The molecule has 156 valence electrons. The Morgan fingerprint density at radius 3 is 2.86 bits per heavy atom. The number of rotatable bonds is 9. The average Bonchev–Trinajstić information content (AvgIpc) is 3.19. The number of para-hydroxylation sites is 1. The van der Waals surface area contributed by atoms with Crippen LogP contribution in [0.5, 0.6) is 0 Å². The first-order valence-electron chi connectivity index (χ1n) is 9.89. The van der Waals surface area contributed by atoms with Gasteiger partial charge in [-0.25, -0.2) is 0 Å². The topological polar surface area (TPSA) is 96.5 Å². The maximum Gasteiger partial charge on any atom is 0.286 e. The van der Waals surface area contributed by atoms with Gasteiger partial charge in [0.2, 0.25) is 10.9 Å². The average molecular weight is 418 g/mol. The number of likely N-dealkylation sites (tertiary alicyclic amines) is 1. The second kappa shape index (κ2) is 11.0. The molecule has 1 atom stereocenters. The van der Waals surface area contributed by atoms with E-state index in [0.717, 1.165) is 24.4 Å². The zero-order chi connectivity index (χ0) is 20.5. The van der Waals surface area contributed by atoms with E-state index in [0.29, 0.717) is 23.3 Å². The number of ether oxygens (including phenoxy) is 1. The molecule has 1 unspecified atom stereocenters. The van der Waals surface area contributed by atoms with Crippen LogP contribution in [-0.2, 0) is 16.1 Å². The van der Waals surface area contributed by atoms with Crippen molar-refractivity contribution in [2.45, 2.75) is 38.8 Å². The number of anilines is 1. The van der Waals surface area contributed by atoms with Crippen molar-refractivity contribution in [1.82, 2.24) is 20.4 Å². The summed E-state index contributed by atoms with van der Waals surface area (Å²) >= 11 is 1.15. The number of nitrogens with zero attached hydrogens (tertiary/aromatic N) is 3. The Bertz CT molecular complexity index is 798. The molecule has 1 aliphatic rings. The molecule has 9 heteroatoms. The number of piperidine rings is 1. The Hall–Kier alpha value is -2.36. The van der Waals surface area contributed by atoms with Crippen LogP contribution in [0.2, 0.25) is 0 Å². The Morgan fingerprint density at radius 2 is 2.07 bits per heavy atom. The van der Waals surface area contributed by atoms with Crippen LogP contribution >= 0.6 is 11.3 Å². The number of amides is 2. The van der Waals surface area contributed by atoms with Gasteiger partial charge in [0.1, 0.15) is 18.2 Å². The summed E-state index contributed by atoms with van der Waals surface area (Å²) in [5, 5.41) is 14.3. The van der Waals surface area contributed by atoms with Gasteiger partial charge in [-0.1, -0.05) is 36.0 Å². The summed E-state index contributed by atoms with van der Waals surface area (Å²) in [5.74, 6) is -0.467. The summed E-state index contributed by atoms with van der Waals surface area (Å²) in [7, 11) is 0. The number of carbonyl (C=O) groups excluding carboxylic acids is 2. The van der Waals surface area contributed by atoms with Crippen molar-refractivity contribution in [1.29, 1.82) is 0 Å². The van der Waals surface area contributed by atoms with Gasteiger partial charge in [0, 0.05) is 24.8 Å². The van der Waals surface area contributed by atoms with E-state index in [1.807, 2.05) is 18.2 Å². The third-order valence-corrected chi connectivity index (χ3v) is 5.71. The van der Waals surface area contributed by atoms with Gasteiger partial charge < -0.3 is 15.4 Å². The van der Waals surface area contributed by atoms with Crippen molar-refractivity contribution in [3.8, 4) is 0 Å². The number of aromatic nitrogens is 2. The minimum atomic E-state index is -0.315. The van der Waals surface area contributed by atoms with Crippen molar-refractivity contribution in [2.75, 3.05) is 31.6 Å². The minimum absolute atomic E-state index is 0.0410. The van der Waals surface area contributed by atoms with Gasteiger partial charge in [-0.15, -0.1) is 10.2 Å². The molecule has 1 saturated heterocycles. The fourth-order valence-corrected chi connectivity index (χ4v) is 3.89. The molecule has 2 N–H and O–H groups in total. The van der Waals surface area contributed by atoms with E-state index in [4.69, 9.17) is 4.74 Å². The Labute approximate surface area is 174 Å². The van der Waals surface area contributed by atoms with Gasteiger partial charge in [-0.05, 0) is 38.4 Å². The summed E-state index contributed by atoms with van der Waals surface area (Å²) < 4.78 is 5.41. The molecule has 0 radical (unpaired) electrons. The van der Waals surface area contributed by atoms with E-state index in [1.165, 1.54) is 19.3 Å². The molecule has 1 aromatic heterocycles. The minimum Gasteiger partial charge on any atom is -0.364 e. The third kappa shape index (κ3) is 6.88. The predicted octanol–water partition coefficient (Wildman–Crippen LogP) is 2.30. The Morgan fingerprint density at radius 1 is 1.24 bits per heavy atom. The van der Waals surface area contributed by atoms with Gasteiger partial charge in [-0.3, -0.25) is 14.5 Å². The predicted molar refractivity (Wildman–Crippen MR) is 112 cm³/mol. The first-order valence-corrected chi connectivity index (χ1v) is 10.7. The fourth-order valence-electron chi connectivity index (χ4n) is 3.22. The van der Waals surface area contributed by atoms with Crippen LogP contribution in [0.3, 0.4) is 0 Å². The lowest BCUT2D eigenvalue weighted by atomic mass is 10.0. The summed E-state index contributed by atoms with van der Waals surface area (Å²) in [6.07, 6.45) is 3.75. The molecule has 0 aliphatic carbocycles. The molecule has 2 aromatic rings. The maximum atomic E-state index is 12.2. The van der Waals surface area contributed by atoms with Crippen LogP contribution in [0.1, 0.15) is 41.0 Å². The van der Waals surface area contributed by atoms with Crippen molar-refractivity contribution in [3.63, 3.8) is 0 Å². The largest absolute Gasteiger partial charge is 0.364 e. The molecule has 0 bridgehead atoms. The van der Waals surface area contributed by atoms with Crippen LogP contribution < -0.4 is 10.6 Å². The highest BCUT2D eigenvalue weighted by Gasteiger charge is 2.17. The third-order valence-electron chi connectivity index (χ3n) is 4.81. The van der Waals surface area contributed by atoms with Crippen molar-refractivity contribution < 1.29 is 14.3 Å². The standard InChI is InChI=1S/C20H27N5O3S/c1-15-7-5-6-11-25(15)12-10-21-17(26)13-28-14-18-23-24-20(29-18)19(27)22-16-8-3-2-4-9-16/h2-4,8-9,15H,5-7,10-14H2,1H3,(H,21,26)(H,22,27). The number of carbonyl (C=O) groups is 2. The lowest BCUT2D eigenvalue weighted by Crippen LogP contribution is -2.43. The lowest BCUT2D eigenvalue weighted by Gasteiger charge is -2.33. The lowest BCUT2D eigenvalue weighted by molar-refractivity contribution is -0.126. The first-order chi connectivity index (χ1) is 14.1. The number of hydrogen-bond donors (Lipinski definition) is 2. The zero-order valence-corrected chi connectivity index (χ0v) is 17.4. The monoisotopic (exact) mass is 417 g/mol. The molecule has 2 amide bonds. The molecule has 1 aromatic carbocycles. The molecule has 8 nitrogen and oxygen atoms in total. The highest BCUT2D eigenvalue weighted by Crippen LogP contribution is 2.15. The Kier molecular flexibility index (Phi) is 8.09. The van der Waals surface area contributed by atoms with E-state index in [-0.39, 0.29) is 30.0 Å². The second-order valence-electron chi connectivity index (χ2n) is 7.04. The van der Waals surface area contributed by atoms with Crippen molar-refractivity contribution >= 4 is 28.8 Å². The Balaban J connectivity index is 1.33. The van der Waals surface area contributed by atoms with Crippen molar-refractivity contribution in [2.24, 2.45) is 0 Å². The van der Waals surface area contributed by atoms with E-state index in [9.17, 15) is 9.59 Å². The molecule has 29 heavy (non-hydrogen) atoms. The molecule has 1 aliphatic heterocycles. The number of nitrogens with one attached hydrogen (secondary N) is 2. The van der Waals surface area contributed by atoms with Crippen LogP contribution in [-0.4, -0.2) is 59.2 Å². The van der Waals surface area contributed by atoms with E-state index in [2.05, 4.69) is 32.7 Å². The molecule has 0 spiro atoms. The van der Waals surface area contributed by atoms with Crippen LogP contribution in [0.4, 0.5) is 5.69 Å². The highest BCUT2D eigenvalue weighted by atomic mass is 32.1. The van der Waals surface area contributed by atoms with E-state index >= 15 is 0 Å². The van der Waals surface area contributed by atoms with Gasteiger partial charge in [-0.2, -0.15) is 0 Å². The fraction of sp³-hybridized carbons (Fsp3) is 0.500. The molecule has 1 fully saturated rings. The molecular weight excluding hydrogens is 390 g/mol. The van der Waals surface area contributed by atoms with Gasteiger partial charge >= 0.3 is 0 Å². The molecule has 0 saturated carbocycles. The van der Waals surface area contributed by atoms with E-state index < -0.39 is 0 Å². The van der Waals surface area contributed by atoms with Crippen LogP contribution in [0.15, 0.2) is 30.3 Å². The molecular formula is C20H27N5O3S. The van der Waals surface area contributed by atoms with Gasteiger partial charge in [0.05, 0.1) is 0 Å². The SMILES string of the molecule is CC1CCCCN1CCNC(=O)COCc1nnc(C(=O)Nc2ccccc2)s1. The summed E-state index contributed by atoms with van der Waals surface area (Å²) in [5.41, 5.74) is 0.695. The maximum absolute atomic E-state index is 12.2. The van der Waals surface area contributed by atoms with Gasteiger partial charge in [0.15, 0.2) is 0 Å². The van der Waals surface area contributed by atoms with E-state index in [1.54, 1.807) is 12.1 Å². The normalized spacial score (nSPS) is 17.1. The number of hydrogen-bond acceptors (Lipinski definition) is 7. The van der Waals surface area contributed by atoms with Crippen molar-refractivity contribution in [3.05, 3.63) is 40.3 Å². The molecule has 3 rings (SSSR count). The summed E-state index contributed by atoms with van der Waals surface area (Å²) in [6.45, 7) is 4.93. The summed E-state index contributed by atoms with van der Waals surface area (Å²) in [6, 6.07) is 9.74. The zero-order valence-electron chi connectivity index (χ0n) is 16.6. The summed E-state index contributed by atoms with van der Waals surface area (Å²) in [4.78, 5) is 26.5. The van der Waals surface area contributed by atoms with Crippen LogP contribution in [0, 0.1) is 0 Å². The highest BCUT2D eigenvalue weighted by molar-refractivity contribution is 7.13. The smallest absolute Gasteiger partial charge is 0.286 e. The quantitative estimate of drug-likeness (QED) is 0.650. The van der Waals surface area contributed by atoms with Gasteiger partial charge in [0.25, 0.3) is 5.91 Å².